The van der Waals surface area contributed by atoms with Crippen molar-refractivity contribution in [1.82, 2.24) is 10.6 Å². The van der Waals surface area contributed by atoms with Crippen LogP contribution in [0.1, 0.15) is 57.1 Å². The van der Waals surface area contributed by atoms with Crippen LogP contribution in [0.4, 0.5) is 0 Å². The fourth-order valence-corrected chi connectivity index (χ4v) is 3.17. The van der Waals surface area contributed by atoms with E-state index in [1.54, 1.807) is 0 Å². The van der Waals surface area contributed by atoms with Crippen molar-refractivity contribution in [2.24, 2.45) is 5.92 Å². The third-order valence-electron chi connectivity index (χ3n) is 4.68. The van der Waals surface area contributed by atoms with Gasteiger partial charge >= 0.3 is 0 Å². The number of carbonyl (C=O) groups is 1. The molecule has 1 aliphatic heterocycles. The zero-order valence-corrected chi connectivity index (χ0v) is 15.4. The zero-order valence-electron chi connectivity index (χ0n) is 15.4. The monoisotopic (exact) mass is 332 g/mol. The van der Waals surface area contributed by atoms with Crippen molar-refractivity contribution in [1.29, 1.82) is 0 Å². The molecule has 0 aliphatic carbocycles. The molecule has 24 heavy (non-hydrogen) atoms. The molecule has 2 N–H and O–H groups in total. The van der Waals surface area contributed by atoms with E-state index in [0.29, 0.717) is 12.6 Å². The summed E-state index contributed by atoms with van der Waals surface area (Å²) in [5.74, 6) is 1.20. The first-order valence-corrected chi connectivity index (χ1v) is 9.33. The van der Waals surface area contributed by atoms with Gasteiger partial charge in [-0.2, -0.15) is 0 Å². The Morgan fingerprint density at radius 3 is 2.96 bits per heavy atom. The van der Waals surface area contributed by atoms with Crippen molar-refractivity contribution >= 4 is 5.91 Å². The maximum absolute atomic E-state index is 12.4. The van der Waals surface area contributed by atoms with Crippen LogP contribution in [0, 0.1) is 12.8 Å². The number of aryl methyl sites for hydroxylation is 1. The highest BCUT2D eigenvalue weighted by Crippen LogP contribution is 2.22. The Kier molecular flexibility index (Phi) is 7.57. The molecule has 0 spiro atoms. The van der Waals surface area contributed by atoms with E-state index >= 15 is 0 Å². The quantitative estimate of drug-likeness (QED) is 0.716. The van der Waals surface area contributed by atoms with Crippen LogP contribution in [0.2, 0.25) is 0 Å². The molecule has 4 heteroatoms. The van der Waals surface area contributed by atoms with Crippen LogP contribution in [0.3, 0.4) is 0 Å². The minimum atomic E-state index is 0.126. The van der Waals surface area contributed by atoms with Crippen LogP contribution in [0.5, 0.6) is 5.75 Å². The minimum Gasteiger partial charge on any atom is -0.493 e. The normalized spacial score (nSPS) is 20.6. The fraction of sp³-hybridized carbons (Fsp3) is 0.650. The lowest BCUT2D eigenvalue weighted by molar-refractivity contribution is -0.126. The Bertz CT molecular complexity index is 530. The summed E-state index contributed by atoms with van der Waals surface area (Å²) in [6.07, 6.45) is 5.29. The largest absolute Gasteiger partial charge is 0.493 e. The summed E-state index contributed by atoms with van der Waals surface area (Å²) >= 11 is 0. The Hall–Kier alpha value is -1.55. The summed E-state index contributed by atoms with van der Waals surface area (Å²) in [6, 6.07) is 6.63. The number of nitrogens with one attached hydrogen (secondary N) is 2. The van der Waals surface area contributed by atoms with Crippen molar-refractivity contribution in [3.05, 3.63) is 29.3 Å². The Balaban J connectivity index is 1.89. The molecule has 1 amide bonds. The molecule has 1 saturated heterocycles. The first-order valence-electron chi connectivity index (χ1n) is 9.33. The van der Waals surface area contributed by atoms with Gasteiger partial charge in [-0.3, -0.25) is 4.79 Å². The second-order valence-electron chi connectivity index (χ2n) is 6.96. The number of carbonyl (C=O) groups excluding carboxylic acids is 1. The highest BCUT2D eigenvalue weighted by atomic mass is 16.5. The second kappa shape index (κ2) is 9.67. The zero-order chi connectivity index (χ0) is 17.4. The van der Waals surface area contributed by atoms with Gasteiger partial charge in [0, 0.05) is 24.1 Å². The number of hydrogen-bond donors (Lipinski definition) is 2. The summed E-state index contributed by atoms with van der Waals surface area (Å²) in [5.41, 5.74) is 2.25. The van der Waals surface area contributed by atoms with E-state index in [0.717, 1.165) is 43.7 Å². The summed E-state index contributed by atoms with van der Waals surface area (Å²) < 4.78 is 5.95. The fourth-order valence-electron chi connectivity index (χ4n) is 3.17. The number of benzene rings is 1. The van der Waals surface area contributed by atoms with Crippen molar-refractivity contribution in [3.8, 4) is 5.75 Å². The van der Waals surface area contributed by atoms with Crippen LogP contribution in [0.15, 0.2) is 18.2 Å². The number of amides is 1. The first kappa shape index (κ1) is 18.8. The summed E-state index contributed by atoms with van der Waals surface area (Å²) in [5, 5.41) is 6.49. The number of ether oxygens (including phenoxy) is 1. The standard InChI is InChI=1S/C20H32N2O2/c1-4-5-6-11-24-19-12-15(2)7-8-18(19)14-22-20(23)17-9-10-21-16(3)13-17/h7-8,12,16-17,21H,4-6,9-11,13-14H2,1-3H3,(H,22,23)/t16-,17-/m0/s1. The molecule has 4 nitrogen and oxygen atoms in total. The molecule has 2 rings (SSSR count). The number of piperidine rings is 1. The van der Waals surface area contributed by atoms with Gasteiger partial charge in [-0.25, -0.2) is 0 Å². The second-order valence-corrected chi connectivity index (χ2v) is 6.96. The Morgan fingerprint density at radius 2 is 2.21 bits per heavy atom. The molecule has 0 aromatic heterocycles. The molecule has 0 bridgehead atoms. The number of unbranched alkanes of at least 4 members (excludes halogenated alkanes) is 2. The molecule has 1 fully saturated rings. The highest BCUT2D eigenvalue weighted by molar-refractivity contribution is 5.78. The average molecular weight is 332 g/mol. The third-order valence-corrected chi connectivity index (χ3v) is 4.68. The van der Waals surface area contributed by atoms with Gasteiger partial charge in [0.05, 0.1) is 6.61 Å². The van der Waals surface area contributed by atoms with Crippen LogP contribution >= 0.6 is 0 Å². The van der Waals surface area contributed by atoms with E-state index in [2.05, 4.69) is 49.6 Å². The third kappa shape index (κ3) is 5.82. The molecule has 134 valence electrons. The van der Waals surface area contributed by atoms with Crippen LogP contribution in [-0.2, 0) is 11.3 Å². The molecule has 2 atom stereocenters. The molecule has 0 radical (unpaired) electrons. The predicted octanol–water partition coefficient (Wildman–Crippen LogP) is 3.57. The lowest BCUT2D eigenvalue weighted by atomic mass is 9.92. The molecule has 0 saturated carbocycles. The maximum atomic E-state index is 12.4. The molecule has 0 unspecified atom stereocenters. The van der Waals surface area contributed by atoms with Gasteiger partial charge in [0.15, 0.2) is 0 Å². The lowest BCUT2D eigenvalue weighted by Gasteiger charge is -2.27. The van der Waals surface area contributed by atoms with E-state index in [9.17, 15) is 4.79 Å². The number of hydrogen-bond acceptors (Lipinski definition) is 3. The lowest BCUT2D eigenvalue weighted by Crippen LogP contribution is -2.42. The highest BCUT2D eigenvalue weighted by Gasteiger charge is 2.24. The van der Waals surface area contributed by atoms with E-state index in [-0.39, 0.29) is 11.8 Å². The summed E-state index contributed by atoms with van der Waals surface area (Å²) in [7, 11) is 0. The van der Waals surface area contributed by atoms with Crippen molar-refractivity contribution in [2.45, 2.75) is 65.5 Å². The van der Waals surface area contributed by atoms with E-state index in [4.69, 9.17) is 4.74 Å². The smallest absolute Gasteiger partial charge is 0.223 e. The van der Waals surface area contributed by atoms with Gasteiger partial charge < -0.3 is 15.4 Å². The SMILES string of the molecule is CCCCCOc1cc(C)ccc1CNC(=O)[C@H]1CCN[C@@H](C)C1. The molecular weight excluding hydrogens is 300 g/mol. The van der Waals surface area contributed by atoms with Gasteiger partial charge in [0.2, 0.25) is 5.91 Å². The molecule has 1 aromatic rings. The van der Waals surface area contributed by atoms with Gasteiger partial charge in [0.25, 0.3) is 0 Å². The van der Waals surface area contributed by atoms with E-state index < -0.39 is 0 Å². The van der Waals surface area contributed by atoms with Crippen molar-refractivity contribution in [3.63, 3.8) is 0 Å². The van der Waals surface area contributed by atoms with Gasteiger partial charge in [-0.05, 0) is 51.3 Å². The molecule has 1 heterocycles. The Morgan fingerprint density at radius 1 is 1.38 bits per heavy atom. The van der Waals surface area contributed by atoms with Gasteiger partial charge in [-0.1, -0.05) is 31.9 Å². The molecular formula is C20H32N2O2. The molecule has 1 aromatic carbocycles. The van der Waals surface area contributed by atoms with E-state index in [1.165, 1.54) is 18.4 Å². The predicted molar refractivity (Wildman–Crippen MR) is 98.2 cm³/mol. The average Bonchev–Trinajstić information content (AvgIpc) is 2.57. The van der Waals surface area contributed by atoms with Crippen LogP contribution in [-0.4, -0.2) is 25.1 Å². The topological polar surface area (TPSA) is 50.4 Å². The summed E-state index contributed by atoms with van der Waals surface area (Å²) in [4.78, 5) is 12.4. The Labute approximate surface area is 146 Å². The van der Waals surface area contributed by atoms with Crippen LogP contribution in [0.25, 0.3) is 0 Å². The first-order chi connectivity index (χ1) is 11.6. The maximum Gasteiger partial charge on any atom is 0.223 e. The van der Waals surface area contributed by atoms with Gasteiger partial charge in [0.1, 0.15) is 5.75 Å². The van der Waals surface area contributed by atoms with Crippen molar-refractivity contribution in [2.75, 3.05) is 13.2 Å². The van der Waals surface area contributed by atoms with Crippen molar-refractivity contribution < 1.29 is 9.53 Å². The van der Waals surface area contributed by atoms with Crippen LogP contribution < -0.4 is 15.4 Å². The minimum absolute atomic E-state index is 0.126. The summed E-state index contributed by atoms with van der Waals surface area (Å²) in [6.45, 7) is 8.61. The molecule has 1 aliphatic rings. The van der Waals surface area contributed by atoms with Gasteiger partial charge in [-0.15, -0.1) is 0 Å². The van der Waals surface area contributed by atoms with E-state index in [1.807, 2.05) is 0 Å². The number of rotatable bonds is 8.